The van der Waals surface area contributed by atoms with Crippen LogP contribution in [-0.4, -0.2) is 60.4 Å². The third-order valence-corrected chi connectivity index (χ3v) is 5.41. The predicted molar refractivity (Wildman–Crippen MR) is 95.5 cm³/mol. The van der Waals surface area contributed by atoms with E-state index < -0.39 is 6.61 Å². The first kappa shape index (κ1) is 19.5. The molecule has 2 N–H and O–H groups in total. The second-order valence-electron chi connectivity index (χ2n) is 7.11. The number of halogens is 2. The summed E-state index contributed by atoms with van der Waals surface area (Å²) >= 11 is 0. The molecular formula is C19H25F2N3O3. The van der Waals surface area contributed by atoms with Crippen molar-refractivity contribution in [3.05, 3.63) is 29.8 Å². The molecule has 0 spiro atoms. The van der Waals surface area contributed by atoms with Crippen LogP contribution in [0.1, 0.15) is 36.0 Å². The highest BCUT2D eigenvalue weighted by molar-refractivity contribution is 5.97. The summed E-state index contributed by atoms with van der Waals surface area (Å²) in [6.45, 7) is -1.39. The molecule has 2 aliphatic rings. The van der Waals surface area contributed by atoms with Crippen molar-refractivity contribution in [2.75, 3.05) is 26.2 Å². The maximum Gasteiger partial charge on any atom is 0.387 e. The fourth-order valence-corrected chi connectivity index (χ4v) is 3.84. The van der Waals surface area contributed by atoms with Crippen molar-refractivity contribution in [2.24, 2.45) is 11.7 Å². The van der Waals surface area contributed by atoms with Gasteiger partial charge in [-0.05, 0) is 30.9 Å². The Morgan fingerprint density at radius 3 is 2.41 bits per heavy atom. The van der Waals surface area contributed by atoms with Crippen molar-refractivity contribution in [1.29, 1.82) is 0 Å². The number of hydrogen-bond donors (Lipinski definition) is 1. The van der Waals surface area contributed by atoms with E-state index in [-0.39, 0.29) is 35.1 Å². The number of alkyl halides is 2. The van der Waals surface area contributed by atoms with Crippen LogP contribution in [0.5, 0.6) is 5.75 Å². The van der Waals surface area contributed by atoms with E-state index >= 15 is 0 Å². The highest BCUT2D eigenvalue weighted by atomic mass is 19.3. The van der Waals surface area contributed by atoms with Gasteiger partial charge in [-0.1, -0.05) is 18.6 Å². The molecule has 2 atom stereocenters. The van der Waals surface area contributed by atoms with E-state index in [0.29, 0.717) is 32.6 Å². The zero-order valence-corrected chi connectivity index (χ0v) is 15.2. The van der Waals surface area contributed by atoms with E-state index in [1.807, 2.05) is 0 Å². The quantitative estimate of drug-likeness (QED) is 0.847. The molecule has 0 bridgehead atoms. The topological polar surface area (TPSA) is 75.9 Å². The van der Waals surface area contributed by atoms with Gasteiger partial charge in [0.25, 0.3) is 5.91 Å². The average molecular weight is 381 g/mol. The van der Waals surface area contributed by atoms with Crippen LogP contribution in [0, 0.1) is 5.92 Å². The SMILES string of the molecule is N[C@@H]1CCC[C@H]1CC(=O)N1CCN(C(=O)c2ccccc2OC(F)F)CC1. The van der Waals surface area contributed by atoms with E-state index in [4.69, 9.17) is 5.73 Å². The Hall–Kier alpha value is -2.22. The van der Waals surface area contributed by atoms with E-state index in [2.05, 4.69) is 4.74 Å². The molecule has 1 heterocycles. The Morgan fingerprint density at radius 1 is 1.11 bits per heavy atom. The van der Waals surface area contributed by atoms with Crippen LogP contribution < -0.4 is 10.5 Å². The van der Waals surface area contributed by atoms with Crippen LogP contribution in [0.4, 0.5) is 8.78 Å². The summed E-state index contributed by atoms with van der Waals surface area (Å²) in [5.41, 5.74) is 6.15. The Kier molecular flexibility index (Phi) is 6.26. The van der Waals surface area contributed by atoms with Crippen molar-refractivity contribution in [1.82, 2.24) is 9.80 Å². The third kappa shape index (κ3) is 4.74. The Bertz CT molecular complexity index is 678. The molecule has 0 unspecified atom stereocenters. The summed E-state index contributed by atoms with van der Waals surface area (Å²) in [7, 11) is 0. The van der Waals surface area contributed by atoms with Crippen LogP contribution in [0.15, 0.2) is 24.3 Å². The molecule has 2 fully saturated rings. The number of carbonyl (C=O) groups is 2. The summed E-state index contributed by atoms with van der Waals surface area (Å²) in [4.78, 5) is 28.5. The van der Waals surface area contributed by atoms with E-state index in [1.54, 1.807) is 21.9 Å². The smallest absolute Gasteiger partial charge is 0.387 e. The first-order valence-corrected chi connectivity index (χ1v) is 9.32. The first-order chi connectivity index (χ1) is 13.0. The number of carbonyl (C=O) groups excluding carboxylic acids is 2. The Labute approximate surface area is 157 Å². The molecule has 1 saturated heterocycles. The van der Waals surface area contributed by atoms with Gasteiger partial charge in [0.1, 0.15) is 5.75 Å². The number of benzene rings is 1. The van der Waals surface area contributed by atoms with Gasteiger partial charge in [0.15, 0.2) is 0 Å². The normalized spacial score (nSPS) is 23.0. The summed E-state index contributed by atoms with van der Waals surface area (Å²) in [5, 5.41) is 0. The monoisotopic (exact) mass is 381 g/mol. The first-order valence-electron chi connectivity index (χ1n) is 9.32. The van der Waals surface area contributed by atoms with Crippen molar-refractivity contribution < 1.29 is 23.1 Å². The Balaban J connectivity index is 1.56. The Morgan fingerprint density at radius 2 is 1.78 bits per heavy atom. The van der Waals surface area contributed by atoms with Crippen LogP contribution in [-0.2, 0) is 4.79 Å². The molecule has 1 saturated carbocycles. The lowest BCUT2D eigenvalue weighted by Crippen LogP contribution is -2.51. The summed E-state index contributed by atoms with van der Waals surface area (Å²) < 4.78 is 29.5. The summed E-state index contributed by atoms with van der Waals surface area (Å²) in [6.07, 6.45) is 3.49. The molecule has 1 aromatic rings. The van der Waals surface area contributed by atoms with Gasteiger partial charge in [-0.2, -0.15) is 8.78 Å². The minimum absolute atomic E-state index is 0.0749. The van der Waals surface area contributed by atoms with Gasteiger partial charge >= 0.3 is 6.61 Å². The van der Waals surface area contributed by atoms with Crippen molar-refractivity contribution in [2.45, 2.75) is 38.3 Å². The van der Waals surface area contributed by atoms with Crippen LogP contribution in [0.3, 0.4) is 0 Å². The van der Waals surface area contributed by atoms with Gasteiger partial charge in [0.2, 0.25) is 5.91 Å². The highest BCUT2D eigenvalue weighted by Crippen LogP contribution is 2.28. The van der Waals surface area contributed by atoms with Gasteiger partial charge in [-0.25, -0.2) is 0 Å². The van der Waals surface area contributed by atoms with Gasteiger partial charge in [0.05, 0.1) is 5.56 Å². The van der Waals surface area contributed by atoms with Crippen molar-refractivity contribution in [3.8, 4) is 5.75 Å². The lowest BCUT2D eigenvalue weighted by atomic mass is 9.99. The minimum Gasteiger partial charge on any atom is -0.434 e. The lowest BCUT2D eigenvalue weighted by molar-refractivity contribution is -0.133. The number of amides is 2. The molecule has 1 aromatic carbocycles. The fraction of sp³-hybridized carbons (Fsp3) is 0.579. The van der Waals surface area contributed by atoms with E-state index in [9.17, 15) is 18.4 Å². The molecule has 1 aliphatic heterocycles. The number of ether oxygens (including phenoxy) is 1. The third-order valence-electron chi connectivity index (χ3n) is 5.41. The zero-order valence-electron chi connectivity index (χ0n) is 15.2. The molecule has 148 valence electrons. The molecule has 6 nitrogen and oxygen atoms in total. The standard InChI is InChI=1S/C19H25F2N3O3/c20-19(21)27-16-7-2-1-5-14(16)18(26)24-10-8-23(9-11-24)17(25)12-13-4-3-6-15(13)22/h1-2,5,7,13,15,19H,3-4,6,8-12,22H2/t13-,15+/m0/s1. The zero-order chi connectivity index (χ0) is 19.4. The second-order valence-corrected chi connectivity index (χ2v) is 7.11. The minimum atomic E-state index is -2.99. The van der Waals surface area contributed by atoms with Crippen LogP contribution in [0.25, 0.3) is 0 Å². The van der Waals surface area contributed by atoms with Gasteiger partial charge in [0, 0.05) is 38.6 Å². The van der Waals surface area contributed by atoms with E-state index in [0.717, 1.165) is 19.3 Å². The summed E-state index contributed by atoms with van der Waals surface area (Å²) in [6, 6.07) is 6.07. The number of hydrogen-bond acceptors (Lipinski definition) is 4. The van der Waals surface area contributed by atoms with Crippen LogP contribution >= 0.6 is 0 Å². The highest BCUT2D eigenvalue weighted by Gasteiger charge is 2.31. The fourth-order valence-electron chi connectivity index (χ4n) is 3.84. The van der Waals surface area contributed by atoms with Gasteiger partial charge < -0.3 is 20.3 Å². The molecular weight excluding hydrogens is 356 g/mol. The van der Waals surface area contributed by atoms with Gasteiger partial charge in [-0.15, -0.1) is 0 Å². The number of rotatable bonds is 5. The van der Waals surface area contributed by atoms with Crippen LogP contribution in [0.2, 0.25) is 0 Å². The van der Waals surface area contributed by atoms with Crippen molar-refractivity contribution in [3.63, 3.8) is 0 Å². The molecule has 8 heteroatoms. The number of nitrogens with two attached hydrogens (primary N) is 1. The predicted octanol–water partition coefficient (Wildman–Crippen LogP) is 2.09. The molecule has 2 amide bonds. The van der Waals surface area contributed by atoms with E-state index in [1.165, 1.54) is 12.1 Å². The summed E-state index contributed by atoms with van der Waals surface area (Å²) in [5.74, 6) is -0.177. The number of nitrogens with zero attached hydrogens (tertiary/aromatic N) is 2. The molecule has 1 aliphatic carbocycles. The lowest BCUT2D eigenvalue weighted by Gasteiger charge is -2.35. The average Bonchev–Trinajstić information content (AvgIpc) is 3.06. The number of para-hydroxylation sites is 1. The maximum absolute atomic E-state index is 12.7. The molecule has 0 radical (unpaired) electrons. The molecule has 0 aromatic heterocycles. The second kappa shape index (κ2) is 8.65. The number of piperazine rings is 1. The van der Waals surface area contributed by atoms with Crippen molar-refractivity contribution >= 4 is 11.8 Å². The largest absolute Gasteiger partial charge is 0.434 e. The van der Waals surface area contributed by atoms with Gasteiger partial charge in [-0.3, -0.25) is 9.59 Å². The molecule has 27 heavy (non-hydrogen) atoms. The molecule has 3 rings (SSSR count). The maximum atomic E-state index is 12.7.